The maximum Gasteiger partial charge on any atom is 0.234 e. The lowest BCUT2D eigenvalue weighted by molar-refractivity contribution is -0.123. The quantitative estimate of drug-likeness (QED) is 0.520. The Hall–Kier alpha value is -1.67. The highest BCUT2D eigenvalue weighted by Crippen LogP contribution is 2.24. The Labute approximate surface area is 180 Å². The van der Waals surface area contributed by atoms with Gasteiger partial charge in [0.05, 0.1) is 17.2 Å². The zero-order chi connectivity index (χ0) is 21.4. The molecule has 8 heteroatoms. The van der Waals surface area contributed by atoms with Gasteiger partial charge < -0.3 is 15.5 Å². The van der Waals surface area contributed by atoms with Crippen LogP contribution in [0, 0.1) is 0 Å². The Balaban J connectivity index is 1.84. The summed E-state index contributed by atoms with van der Waals surface area (Å²) in [6.45, 7) is 18.2. The largest absolute Gasteiger partial charge is 0.357 e. The van der Waals surface area contributed by atoms with E-state index in [4.69, 9.17) is 9.98 Å². The lowest BCUT2D eigenvalue weighted by Crippen LogP contribution is -2.54. The van der Waals surface area contributed by atoms with Crippen LogP contribution in [0.1, 0.15) is 52.2 Å². The third-order valence-electron chi connectivity index (χ3n) is 4.73. The molecule has 1 aromatic rings. The molecule has 1 fully saturated rings. The van der Waals surface area contributed by atoms with Gasteiger partial charge in [0, 0.05) is 62.5 Å². The van der Waals surface area contributed by atoms with Gasteiger partial charge >= 0.3 is 0 Å². The van der Waals surface area contributed by atoms with Crippen molar-refractivity contribution in [3.8, 4) is 0 Å². The summed E-state index contributed by atoms with van der Waals surface area (Å²) in [5.41, 5.74) is 1.25. The SMILES string of the molecule is CCNC(=NCCc1nc(C(C)(C)C)cs1)N1CCN(CC(=O)NC(C)C)CC1. The van der Waals surface area contributed by atoms with Crippen LogP contribution < -0.4 is 10.6 Å². The summed E-state index contributed by atoms with van der Waals surface area (Å²) in [6.07, 6.45) is 0.866. The van der Waals surface area contributed by atoms with E-state index in [1.165, 1.54) is 0 Å². The number of thiazole rings is 1. The van der Waals surface area contributed by atoms with E-state index in [0.717, 1.165) is 62.4 Å². The Morgan fingerprint density at radius 2 is 1.97 bits per heavy atom. The number of nitrogens with one attached hydrogen (secondary N) is 2. The van der Waals surface area contributed by atoms with Crippen LogP contribution >= 0.6 is 11.3 Å². The van der Waals surface area contributed by atoms with Crippen molar-refractivity contribution >= 4 is 23.2 Å². The molecule has 0 aromatic carbocycles. The maximum atomic E-state index is 12.0. The molecule has 0 aliphatic carbocycles. The summed E-state index contributed by atoms with van der Waals surface area (Å²) in [5, 5.41) is 9.69. The van der Waals surface area contributed by atoms with Gasteiger partial charge in [-0.2, -0.15) is 0 Å². The first-order chi connectivity index (χ1) is 13.7. The minimum Gasteiger partial charge on any atom is -0.357 e. The number of aromatic nitrogens is 1. The average molecular weight is 423 g/mol. The molecule has 0 bridgehead atoms. The second-order valence-corrected chi connectivity index (χ2v) is 9.79. The Kier molecular flexibility index (Phi) is 8.89. The fourth-order valence-corrected chi connectivity index (χ4v) is 4.16. The standard InChI is InChI=1S/C21H38N6OS/c1-7-22-20(23-9-8-19-25-17(15-29-19)21(4,5)6)27-12-10-26(11-13-27)14-18(28)24-16(2)3/h15-16H,7-14H2,1-6H3,(H,22,23)(H,24,28). The summed E-state index contributed by atoms with van der Waals surface area (Å²) >= 11 is 1.73. The summed E-state index contributed by atoms with van der Waals surface area (Å²) in [5.74, 6) is 1.07. The number of guanidine groups is 1. The van der Waals surface area contributed by atoms with Crippen LogP contribution in [0.3, 0.4) is 0 Å². The highest BCUT2D eigenvalue weighted by molar-refractivity contribution is 7.09. The Morgan fingerprint density at radius 1 is 1.28 bits per heavy atom. The summed E-state index contributed by atoms with van der Waals surface area (Å²) in [4.78, 5) is 26.1. The normalized spacial score (nSPS) is 16.4. The van der Waals surface area contributed by atoms with Crippen LogP contribution in [-0.2, 0) is 16.6 Å². The first kappa shape index (κ1) is 23.6. The zero-order valence-corrected chi connectivity index (χ0v) is 19.7. The van der Waals surface area contributed by atoms with Crippen molar-refractivity contribution in [1.82, 2.24) is 25.4 Å². The first-order valence-electron chi connectivity index (χ1n) is 10.7. The molecule has 1 amide bonds. The molecule has 7 nitrogen and oxygen atoms in total. The molecule has 2 N–H and O–H groups in total. The van der Waals surface area contributed by atoms with Gasteiger partial charge in [0.15, 0.2) is 5.96 Å². The molecular weight excluding hydrogens is 384 g/mol. The second kappa shape index (κ2) is 10.9. The van der Waals surface area contributed by atoms with Gasteiger partial charge in [-0.1, -0.05) is 20.8 Å². The number of rotatable bonds is 7. The topological polar surface area (TPSA) is 72.9 Å². The number of carbonyl (C=O) groups is 1. The van der Waals surface area contributed by atoms with E-state index in [2.05, 4.69) is 53.5 Å². The van der Waals surface area contributed by atoms with Crippen LogP contribution in [0.2, 0.25) is 0 Å². The number of nitrogens with zero attached hydrogens (tertiary/aromatic N) is 4. The fraction of sp³-hybridized carbons (Fsp3) is 0.762. The Morgan fingerprint density at radius 3 is 2.52 bits per heavy atom. The van der Waals surface area contributed by atoms with E-state index < -0.39 is 0 Å². The van der Waals surface area contributed by atoms with Crippen LogP contribution in [-0.4, -0.2) is 78.5 Å². The van der Waals surface area contributed by atoms with Crippen molar-refractivity contribution in [3.05, 3.63) is 16.1 Å². The average Bonchev–Trinajstić information content (AvgIpc) is 3.10. The summed E-state index contributed by atoms with van der Waals surface area (Å²) < 4.78 is 0. The predicted octanol–water partition coefficient (Wildman–Crippen LogP) is 2.09. The highest BCUT2D eigenvalue weighted by atomic mass is 32.1. The summed E-state index contributed by atoms with van der Waals surface area (Å²) in [6, 6.07) is 0.189. The predicted molar refractivity (Wildman–Crippen MR) is 122 cm³/mol. The molecule has 1 saturated heterocycles. The molecule has 1 aliphatic rings. The number of amides is 1. The van der Waals surface area contributed by atoms with E-state index in [9.17, 15) is 4.79 Å². The van der Waals surface area contributed by atoms with Crippen LogP contribution in [0.15, 0.2) is 10.4 Å². The Bertz CT molecular complexity index is 671. The molecule has 0 spiro atoms. The third-order valence-corrected chi connectivity index (χ3v) is 5.64. The number of hydrogen-bond donors (Lipinski definition) is 2. The van der Waals surface area contributed by atoms with Gasteiger partial charge in [-0.15, -0.1) is 11.3 Å². The minimum atomic E-state index is 0.0959. The molecule has 0 radical (unpaired) electrons. The van der Waals surface area contributed by atoms with Gasteiger partial charge in [0.2, 0.25) is 5.91 Å². The first-order valence-corrected chi connectivity index (χ1v) is 11.6. The summed E-state index contributed by atoms with van der Waals surface area (Å²) in [7, 11) is 0. The van der Waals surface area contributed by atoms with E-state index in [1.54, 1.807) is 11.3 Å². The van der Waals surface area contributed by atoms with Gasteiger partial charge in [0.25, 0.3) is 0 Å². The smallest absolute Gasteiger partial charge is 0.234 e. The molecule has 1 aliphatic heterocycles. The lowest BCUT2D eigenvalue weighted by atomic mass is 9.93. The molecule has 1 aromatic heterocycles. The van der Waals surface area contributed by atoms with Crippen molar-refractivity contribution in [3.63, 3.8) is 0 Å². The van der Waals surface area contributed by atoms with Crippen LogP contribution in [0.4, 0.5) is 0 Å². The van der Waals surface area contributed by atoms with Gasteiger partial charge in [-0.3, -0.25) is 14.7 Å². The molecule has 0 saturated carbocycles. The van der Waals surface area contributed by atoms with Crippen LogP contribution in [0.5, 0.6) is 0 Å². The maximum absolute atomic E-state index is 12.0. The number of hydrogen-bond acceptors (Lipinski definition) is 5. The fourth-order valence-electron chi connectivity index (χ4n) is 3.14. The van der Waals surface area contributed by atoms with Crippen LogP contribution in [0.25, 0.3) is 0 Å². The zero-order valence-electron chi connectivity index (χ0n) is 18.9. The van der Waals surface area contributed by atoms with Gasteiger partial charge in [-0.25, -0.2) is 4.98 Å². The highest BCUT2D eigenvalue weighted by Gasteiger charge is 2.21. The second-order valence-electron chi connectivity index (χ2n) is 8.85. The minimum absolute atomic E-state index is 0.0959. The number of aliphatic imine (C=N–C) groups is 1. The van der Waals surface area contributed by atoms with Gasteiger partial charge in [-0.05, 0) is 20.8 Å². The van der Waals surface area contributed by atoms with Crippen molar-refractivity contribution in [2.45, 2.75) is 59.4 Å². The number of piperazine rings is 1. The van der Waals surface area contributed by atoms with E-state index in [-0.39, 0.29) is 17.4 Å². The van der Waals surface area contributed by atoms with Crippen molar-refractivity contribution in [2.75, 3.05) is 45.8 Å². The molecular formula is C21H38N6OS. The van der Waals surface area contributed by atoms with Crippen molar-refractivity contribution in [2.24, 2.45) is 4.99 Å². The number of carbonyl (C=O) groups excluding carboxylic acids is 1. The molecule has 164 valence electrons. The molecule has 2 heterocycles. The molecule has 29 heavy (non-hydrogen) atoms. The molecule has 0 unspecified atom stereocenters. The van der Waals surface area contributed by atoms with E-state index >= 15 is 0 Å². The van der Waals surface area contributed by atoms with Crippen molar-refractivity contribution in [1.29, 1.82) is 0 Å². The lowest BCUT2D eigenvalue weighted by Gasteiger charge is -2.36. The molecule has 0 atom stereocenters. The monoisotopic (exact) mass is 422 g/mol. The van der Waals surface area contributed by atoms with Crippen molar-refractivity contribution < 1.29 is 4.79 Å². The molecule has 2 rings (SSSR count). The third kappa shape index (κ3) is 7.93. The van der Waals surface area contributed by atoms with Gasteiger partial charge in [0.1, 0.15) is 0 Å². The van der Waals surface area contributed by atoms with E-state index in [1.807, 2.05) is 13.8 Å². The van der Waals surface area contributed by atoms with E-state index in [0.29, 0.717) is 6.54 Å².